The summed E-state index contributed by atoms with van der Waals surface area (Å²) >= 11 is 0. The Kier molecular flexibility index (Phi) is 4.14. The summed E-state index contributed by atoms with van der Waals surface area (Å²) in [4.78, 5) is 0. The molecule has 124 valence electrons. The van der Waals surface area contributed by atoms with Crippen LogP contribution in [0.4, 0.5) is 11.4 Å². The third-order valence-electron chi connectivity index (χ3n) is 4.73. The van der Waals surface area contributed by atoms with Gasteiger partial charge in [0, 0.05) is 18.7 Å². The lowest BCUT2D eigenvalue weighted by atomic mass is 9.82. The van der Waals surface area contributed by atoms with Crippen molar-refractivity contribution in [1.82, 2.24) is 0 Å². The number of hydrazone groups is 1. The molecule has 0 aliphatic carbocycles. The zero-order chi connectivity index (χ0) is 17.3. The van der Waals surface area contributed by atoms with Crippen LogP contribution in [0.1, 0.15) is 19.4 Å². The minimum atomic E-state index is -0.0730. The van der Waals surface area contributed by atoms with E-state index in [9.17, 15) is 0 Å². The van der Waals surface area contributed by atoms with E-state index in [1.54, 1.807) is 7.11 Å². The normalized spacial score (nSPS) is 15.7. The first kappa shape index (κ1) is 16.2. The van der Waals surface area contributed by atoms with E-state index in [4.69, 9.17) is 4.74 Å². The van der Waals surface area contributed by atoms with Gasteiger partial charge in [0.1, 0.15) is 24.7 Å². The predicted molar refractivity (Wildman–Crippen MR) is 100 cm³/mol. The monoisotopic (exact) mass is 322 g/mol. The van der Waals surface area contributed by atoms with Crippen molar-refractivity contribution in [3.05, 3.63) is 54.1 Å². The molecule has 0 radical (unpaired) electrons. The van der Waals surface area contributed by atoms with Crippen LogP contribution >= 0.6 is 0 Å². The molecular formula is C20H24N3O+. The van der Waals surface area contributed by atoms with Gasteiger partial charge in [0.15, 0.2) is 0 Å². The van der Waals surface area contributed by atoms with E-state index in [1.807, 2.05) is 42.5 Å². The summed E-state index contributed by atoms with van der Waals surface area (Å²) in [5.74, 6) is 0.810. The minimum absolute atomic E-state index is 0.0730. The highest BCUT2D eigenvalue weighted by molar-refractivity contribution is 6.33. The van der Waals surface area contributed by atoms with Gasteiger partial charge in [-0.05, 0) is 26.0 Å². The van der Waals surface area contributed by atoms with Gasteiger partial charge in [-0.2, -0.15) is 9.68 Å². The summed E-state index contributed by atoms with van der Waals surface area (Å²) < 4.78 is 7.64. The van der Waals surface area contributed by atoms with Crippen molar-refractivity contribution < 1.29 is 9.31 Å². The lowest BCUT2D eigenvalue weighted by molar-refractivity contribution is -0.400. The average Bonchev–Trinajstić information content (AvgIpc) is 2.79. The molecule has 1 aliphatic rings. The number of anilines is 1. The molecule has 3 rings (SSSR count). The standard InChI is InChI=1S/C20H24N3O/c1-20(2)15-10-6-7-11-16(15)22(3)19(20)14-21-23(4)17-12-8-9-13-18(17)24-5/h6-14H,1-5H3/q+1. The summed E-state index contributed by atoms with van der Waals surface area (Å²) in [5.41, 5.74) is 4.60. The molecule has 0 atom stereocenters. The van der Waals surface area contributed by atoms with Gasteiger partial charge in [0.05, 0.1) is 12.5 Å². The van der Waals surface area contributed by atoms with Crippen LogP contribution in [0.15, 0.2) is 53.6 Å². The lowest BCUT2D eigenvalue weighted by Gasteiger charge is -2.18. The van der Waals surface area contributed by atoms with Crippen molar-refractivity contribution in [3.8, 4) is 5.75 Å². The molecule has 2 aromatic rings. The third kappa shape index (κ3) is 2.58. The second-order valence-corrected chi connectivity index (χ2v) is 6.53. The van der Waals surface area contributed by atoms with Crippen molar-refractivity contribution in [1.29, 1.82) is 0 Å². The second-order valence-electron chi connectivity index (χ2n) is 6.53. The molecule has 0 fully saturated rings. The molecule has 1 heterocycles. The van der Waals surface area contributed by atoms with Gasteiger partial charge < -0.3 is 4.74 Å². The number of para-hydroxylation sites is 3. The topological polar surface area (TPSA) is 27.8 Å². The predicted octanol–water partition coefficient (Wildman–Crippen LogP) is 3.82. The number of hydrogen-bond acceptors (Lipinski definition) is 3. The van der Waals surface area contributed by atoms with Crippen molar-refractivity contribution >= 4 is 23.3 Å². The Bertz CT molecular complexity index is 821. The highest BCUT2D eigenvalue weighted by Gasteiger charge is 2.43. The van der Waals surface area contributed by atoms with Gasteiger partial charge in [-0.25, -0.2) is 0 Å². The second kappa shape index (κ2) is 6.11. The number of ether oxygens (including phenoxy) is 1. The number of benzene rings is 2. The van der Waals surface area contributed by atoms with Crippen molar-refractivity contribution in [2.75, 3.05) is 26.2 Å². The molecule has 0 unspecified atom stereocenters. The Morgan fingerprint density at radius 1 is 1.08 bits per heavy atom. The van der Waals surface area contributed by atoms with Crippen LogP contribution < -0.4 is 9.75 Å². The maximum Gasteiger partial charge on any atom is 0.212 e. The summed E-state index contributed by atoms with van der Waals surface area (Å²) in [5, 5.41) is 6.51. The number of methoxy groups -OCH3 is 1. The van der Waals surface area contributed by atoms with Crippen LogP contribution in [-0.2, 0) is 5.41 Å². The first-order chi connectivity index (χ1) is 11.5. The van der Waals surface area contributed by atoms with E-state index >= 15 is 0 Å². The summed E-state index contributed by atoms with van der Waals surface area (Å²) in [6.45, 7) is 4.47. The SMILES string of the molecule is COc1ccccc1N(C)/N=C/C1=[N+](C)c2ccccc2C1(C)C. The molecule has 0 aromatic heterocycles. The quantitative estimate of drug-likeness (QED) is 0.486. The van der Waals surface area contributed by atoms with E-state index in [0.29, 0.717) is 0 Å². The third-order valence-corrected chi connectivity index (χ3v) is 4.73. The molecule has 4 nitrogen and oxygen atoms in total. The average molecular weight is 322 g/mol. The number of nitrogens with zero attached hydrogens (tertiary/aromatic N) is 3. The Morgan fingerprint density at radius 3 is 2.46 bits per heavy atom. The smallest absolute Gasteiger partial charge is 0.212 e. The summed E-state index contributed by atoms with van der Waals surface area (Å²) in [7, 11) is 5.71. The highest BCUT2D eigenvalue weighted by atomic mass is 16.5. The molecule has 0 saturated heterocycles. The number of hydrogen-bond donors (Lipinski definition) is 0. The molecule has 0 spiro atoms. The van der Waals surface area contributed by atoms with Crippen LogP contribution in [0.3, 0.4) is 0 Å². The van der Waals surface area contributed by atoms with E-state index in [1.165, 1.54) is 17.0 Å². The van der Waals surface area contributed by atoms with E-state index in [2.05, 4.69) is 54.8 Å². The molecule has 24 heavy (non-hydrogen) atoms. The van der Waals surface area contributed by atoms with Crippen LogP contribution in [-0.4, -0.2) is 37.7 Å². The Hall–Kier alpha value is -2.62. The van der Waals surface area contributed by atoms with Gasteiger partial charge in [-0.3, -0.25) is 5.01 Å². The molecule has 4 heteroatoms. The van der Waals surface area contributed by atoms with Crippen molar-refractivity contribution in [3.63, 3.8) is 0 Å². The minimum Gasteiger partial charge on any atom is -0.495 e. The van der Waals surface area contributed by atoms with E-state index in [0.717, 1.165) is 11.4 Å². The molecule has 2 aromatic carbocycles. The Balaban J connectivity index is 1.94. The van der Waals surface area contributed by atoms with E-state index in [-0.39, 0.29) is 5.41 Å². The van der Waals surface area contributed by atoms with Gasteiger partial charge in [0.2, 0.25) is 11.4 Å². The van der Waals surface area contributed by atoms with Crippen LogP contribution in [0.2, 0.25) is 0 Å². The zero-order valence-corrected chi connectivity index (χ0v) is 14.9. The van der Waals surface area contributed by atoms with Crippen LogP contribution in [0, 0.1) is 0 Å². The fraction of sp³-hybridized carbons (Fsp3) is 0.300. The molecule has 0 bridgehead atoms. The molecular weight excluding hydrogens is 298 g/mol. The highest BCUT2D eigenvalue weighted by Crippen LogP contribution is 2.38. The van der Waals surface area contributed by atoms with Crippen molar-refractivity contribution in [2.45, 2.75) is 19.3 Å². The van der Waals surface area contributed by atoms with Crippen LogP contribution in [0.25, 0.3) is 0 Å². The fourth-order valence-electron chi connectivity index (χ4n) is 3.33. The Morgan fingerprint density at radius 2 is 1.75 bits per heavy atom. The summed E-state index contributed by atoms with van der Waals surface area (Å²) in [6.07, 6.45) is 1.95. The largest absolute Gasteiger partial charge is 0.495 e. The first-order valence-corrected chi connectivity index (χ1v) is 8.08. The molecule has 0 amide bonds. The lowest BCUT2D eigenvalue weighted by Crippen LogP contribution is -2.30. The Labute approximate surface area is 143 Å². The summed E-state index contributed by atoms with van der Waals surface area (Å²) in [6, 6.07) is 16.4. The number of rotatable bonds is 4. The van der Waals surface area contributed by atoms with Gasteiger partial charge >= 0.3 is 0 Å². The van der Waals surface area contributed by atoms with Crippen LogP contribution in [0.5, 0.6) is 5.75 Å². The van der Waals surface area contributed by atoms with Gasteiger partial charge in [-0.15, -0.1) is 0 Å². The van der Waals surface area contributed by atoms with Gasteiger partial charge in [-0.1, -0.05) is 30.3 Å². The molecule has 0 N–H and O–H groups in total. The maximum absolute atomic E-state index is 5.42. The maximum atomic E-state index is 5.42. The fourth-order valence-corrected chi connectivity index (χ4v) is 3.33. The van der Waals surface area contributed by atoms with E-state index < -0.39 is 0 Å². The molecule has 1 aliphatic heterocycles. The zero-order valence-electron chi connectivity index (χ0n) is 14.9. The first-order valence-electron chi connectivity index (χ1n) is 8.08. The molecule has 0 saturated carbocycles. The van der Waals surface area contributed by atoms with Crippen molar-refractivity contribution in [2.24, 2.45) is 5.10 Å². The van der Waals surface area contributed by atoms with Gasteiger partial charge in [0.25, 0.3) is 0 Å². The number of fused-ring (bicyclic) bond motifs is 1.